The van der Waals surface area contributed by atoms with E-state index in [1.54, 1.807) is 6.92 Å². The predicted molar refractivity (Wildman–Crippen MR) is 49.1 cm³/mol. The number of aromatic nitrogens is 2. The van der Waals surface area contributed by atoms with E-state index in [0.717, 1.165) is 0 Å². The number of nitrogens with zero attached hydrogens (tertiary/aromatic N) is 2. The van der Waals surface area contributed by atoms with Gasteiger partial charge in [-0.3, -0.25) is 0 Å². The van der Waals surface area contributed by atoms with E-state index in [9.17, 15) is 8.78 Å². The first-order valence-electron chi connectivity index (χ1n) is 4.42. The monoisotopic (exact) mass is 240 g/mol. The third kappa shape index (κ3) is 4.53. The molecule has 0 amide bonds. The third-order valence-corrected chi connectivity index (χ3v) is 1.71. The van der Waals surface area contributed by atoms with Gasteiger partial charge in [0.25, 0.3) is 6.43 Å². The summed E-state index contributed by atoms with van der Waals surface area (Å²) < 4.78 is 33.1. The maximum atomic E-state index is 11.7. The van der Waals surface area contributed by atoms with Crippen LogP contribution in [0.3, 0.4) is 0 Å². The molecule has 15 heavy (non-hydrogen) atoms. The Morgan fingerprint density at radius 2 is 2.20 bits per heavy atom. The number of ether oxygens (including phenoxy) is 1. The van der Waals surface area contributed by atoms with E-state index >= 15 is 0 Å². The molecule has 0 saturated carbocycles. The summed E-state index contributed by atoms with van der Waals surface area (Å²) in [6, 6.07) is 0. The Morgan fingerprint density at radius 3 is 2.73 bits per heavy atom. The van der Waals surface area contributed by atoms with Crippen molar-refractivity contribution in [3.63, 3.8) is 0 Å². The molecule has 1 unspecified atom stereocenters. The van der Waals surface area contributed by atoms with Crippen molar-refractivity contribution in [2.45, 2.75) is 25.1 Å². The molecule has 0 bridgehead atoms. The van der Waals surface area contributed by atoms with Gasteiger partial charge in [-0.05, 0) is 6.92 Å². The Balaban J connectivity index is 2.26. The molecule has 1 aromatic rings. The number of hydrogen-bond donors (Lipinski definition) is 0. The van der Waals surface area contributed by atoms with Crippen LogP contribution >= 0.6 is 11.6 Å². The zero-order valence-corrected chi connectivity index (χ0v) is 8.88. The normalized spacial score (nSPS) is 13.4. The van der Waals surface area contributed by atoms with Crippen LogP contribution in [-0.4, -0.2) is 29.8 Å². The highest BCUT2D eigenvalue weighted by Crippen LogP contribution is 2.17. The molecule has 0 aliphatic heterocycles. The largest absolute Gasteiger partial charge is 0.424 e. The van der Waals surface area contributed by atoms with Crippen molar-refractivity contribution in [2.24, 2.45) is 0 Å². The Kier molecular flexibility index (Phi) is 4.90. The second-order valence-electron chi connectivity index (χ2n) is 2.87. The van der Waals surface area contributed by atoms with Crippen LogP contribution in [0.5, 0.6) is 0 Å². The van der Waals surface area contributed by atoms with Crippen molar-refractivity contribution in [3.05, 3.63) is 11.8 Å². The molecule has 0 spiro atoms. The zero-order chi connectivity index (χ0) is 11.3. The number of halogens is 3. The molecule has 0 fully saturated rings. The van der Waals surface area contributed by atoms with Gasteiger partial charge in [-0.25, -0.2) is 8.78 Å². The minimum Gasteiger partial charge on any atom is -0.424 e. The van der Waals surface area contributed by atoms with E-state index in [0.29, 0.717) is 18.2 Å². The van der Waals surface area contributed by atoms with Gasteiger partial charge in [0, 0.05) is 6.42 Å². The molecular formula is C8H11ClF2N2O2. The quantitative estimate of drug-likeness (QED) is 0.565. The SMILES string of the molecule is CC(Cl)c1nnc(CCOCC(F)F)o1. The highest BCUT2D eigenvalue weighted by Gasteiger charge is 2.11. The van der Waals surface area contributed by atoms with Crippen molar-refractivity contribution in [1.82, 2.24) is 10.2 Å². The second kappa shape index (κ2) is 5.97. The Bertz CT molecular complexity index is 294. The van der Waals surface area contributed by atoms with Crippen molar-refractivity contribution in [1.29, 1.82) is 0 Å². The number of rotatable bonds is 6. The first-order chi connectivity index (χ1) is 7.09. The smallest absolute Gasteiger partial charge is 0.261 e. The molecule has 7 heteroatoms. The number of alkyl halides is 3. The highest BCUT2D eigenvalue weighted by atomic mass is 35.5. The summed E-state index contributed by atoms with van der Waals surface area (Å²) in [6.45, 7) is 1.25. The summed E-state index contributed by atoms with van der Waals surface area (Å²) in [7, 11) is 0. The molecule has 0 aromatic carbocycles. The van der Waals surface area contributed by atoms with Gasteiger partial charge in [-0.1, -0.05) is 0 Å². The van der Waals surface area contributed by atoms with Crippen LogP contribution in [0.1, 0.15) is 24.1 Å². The van der Waals surface area contributed by atoms with Crippen molar-refractivity contribution < 1.29 is 17.9 Å². The van der Waals surface area contributed by atoms with Gasteiger partial charge < -0.3 is 9.15 Å². The molecule has 1 atom stereocenters. The predicted octanol–water partition coefficient (Wildman–Crippen LogP) is 2.19. The minimum atomic E-state index is -2.45. The van der Waals surface area contributed by atoms with Crippen LogP contribution in [0, 0.1) is 0 Å². The summed E-state index contributed by atoms with van der Waals surface area (Å²) in [5.74, 6) is 0.660. The van der Waals surface area contributed by atoms with Crippen LogP contribution < -0.4 is 0 Å². The minimum absolute atomic E-state index is 0.128. The van der Waals surface area contributed by atoms with Gasteiger partial charge in [0.15, 0.2) is 0 Å². The molecule has 4 nitrogen and oxygen atoms in total. The van der Waals surface area contributed by atoms with Crippen LogP contribution in [-0.2, 0) is 11.2 Å². The Hall–Kier alpha value is -0.750. The molecular weight excluding hydrogens is 230 g/mol. The standard InChI is InChI=1S/C8H11ClF2N2O2/c1-5(9)8-13-12-7(15-8)2-3-14-4-6(10)11/h5-6H,2-4H2,1H3. The Morgan fingerprint density at radius 1 is 1.47 bits per heavy atom. The van der Waals surface area contributed by atoms with Crippen molar-refractivity contribution in [3.8, 4) is 0 Å². The van der Waals surface area contributed by atoms with Gasteiger partial charge >= 0.3 is 0 Å². The molecule has 1 aromatic heterocycles. The lowest BCUT2D eigenvalue weighted by molar-refractivity contribution is 0.0173. The van der Waals surface area contributed by atoms with E-state index in [1.165, 1.54) is 0 Å². The molecule has 1 rings (SSSR count). The average molecular weight is 241 g/mol. The summed E-state index contributed by atoms with van der Waals surface area (Å²) in [6.07, 6.45) is -2.14. The topological polar surface area (TPSA) is 48.2 Å². The fourth-order valence-electron chi connectivity index (χ4n) is 0.860. The summed E-state index contributed by atoms with van der Waals surface area (Å²) >= 11 is 5.69. The van der Waals surface area contributed by atoms with Crippen LogP contribution in [0.2, 0.25) is 0 Å². The first kappa shape index (κ1) is 12.3. The van der Waals surface area contributed by atoms with Gasteiger partial charge in [0.1, 0.15) is 12.0 Å². The summed E-state index contributed by atoms with van der Waals surface area (Å²) in [5, 5.41) is 7.01. The van der Waals surface area contributed by atoms with E-state index < -0.39 is 13.0 Å². The van der Waals surface area contributed by atoms with Crippen molar-refractivity contribution >= 4 is 11.6 Å². The lowest BCUT2D eigenvalue weighted by atomic mass is 10.4. The maximum Gasteiger partial charge on any atom is 0.261 e. The lowest BCUT2D eigenvalue weighted by Crippen LogP contribution is -2.07. The van der Waals surface area contributed by atoms with E-state index in [2.05, 4.69) is 14.9 Å². The molecule has 86 valence electrons. The molecule has 1 heterocycles. The zero-order valence-electron chi connectivity index (χ0n) is 8.12. The van der Waals surface area contributed by atoms with E-state index in [4.69, 9.17) is 16.0 Å². The summed E-state index contributed by atoms with van der Waals surface area (Å²) in [4.78, 5) is 0. The van der Waals surface area contributed by atoms with Crippen LogP contribution in [0.15, 0.2) is 4.42 Å². The van der Waals surface area contributed by atoms with E-state index in [-0.39, 0.29) is 12.0 Å². The molecule has 0 aliphatic rings. The molecule has 0 aliphatic carbocycles. The average Bonchev–Trinajstić information content (AvgIpc) is 2.60. The molecule has 0 N–H and O–H groups in total. The maximum absolute atomic E-state index is 11.7. The van der Waals surface area contributed by atoms with Gasteiger partial charge in [0.05, 0.1) is 6.61 Å². The fraction of sp³-hybridized carbons (Fsp3) is 0.750. The third-order valence-electron chi connectivity index (χ3n) is 1.53. The lowest BCUT2D eigenvalue weighted by Gasteiger charge is -2.00. The molecule has 0 radical (unpaired) electrons. The van der Waals surface area contributed by atoms with Crippen LogP contribution in [0.25, 0.3) is 0 Å². The van der Waals surface area contributed by atoms with Crippen LogP contribution in [0.4, 0.5) is 8.78 Å². The second-order valence-corrected chi connectivity index (χ2v) is 3.52. The highest BCUT2D eigenvalue weighted by molar-refractivity contribution is 6.20. The van der Waals surface area contributed by atoms with Gasteiger partial charge in [-0.2, -0.15) is 0 Å². The number of hydrogen-bond acceptors (Lipinski definition) is 4. The first-order valence-corrected chi connectivity index (χ1v) is 4.85. The van der Waals surface area contributed by atoms with Gasteiger partial charge in [0.2, 0.25) is 11.8 Å². The summed E-state index contributed by atoms with van der Waals surface area (Å²) in [5.41, 5.74) is 0. The van der Waals surface area contributed by atoms with Gasteiger partial charge in [-0.15, -0.1) is 21.8 Å². The Labute approximate surface area is 90.6 Å². The van der Waals surface area contributed by atoms with E-state index in [1.807, 2.05) is 0 Å². The van der Waals surface area contributed by atoms with Crippen molar-refractivity contribution in [2.75, 3.05) is 13.2 Å². The molecule has 0 saturated heterocycles. The fourth-order valence-corrected chi connectivity index (χ4v) is 0.948.